The minimum absolute atomic E-state index is 0.537. The molecule has 1 heterocycles. The number of carbonyl (C=O) groups is 2. The zero-order chi connectivity index (χ0) is 16.3. The van der Waals surface area contributed by atoms with Gasteiger partial charge in [0.05, 0.1) is 5.69 Å². The maximum absolute atomic E-state index is 13.4. The molecule has 0 spiro atoms. The van der Waals surface area contributed by atoms with E-state index in [9.17, 15) is 22.8 Å². The molecule has 0 aliphatic carbocycles. The Morgan fingerprint density at radius 2 is 1.64 bits per heavy atom. The number of likely N-dealkylation sites (N-methyl/N-ethyl adjacent to an activating group) is 1. The van der Waals surface area contributed by atoms with Crippen molar-refractivity contribution < 1.29 is 22.8 Å². The SMILES string of the molecule is CN1CCN(NC(=O)C(=O)Nc2ccc(F)c(F)c2F)CC1. The first-order valence-corrected chi connectivity index (χ1v) is 6.57. The monoisotopic (exact) mass is 316 g/mol. The molecule has 0 radical (unpaired) electrons. The molecular weight excluding hydrogens is 301 g/mol. The average molecular weight is 316 g/mol. The molecule has 1 fully saturated rings. The molecule has 22 heavy (non-hydrogen) atoms. The minimum atomic E-state index is -1.71. The number of nitrogens with one attached hydrogen (secondary N) is 2. The summed E-state index contributed by atoms with van der Waals surface area (Å²) in [4.78, 5) is 25.4. The summed E-state index contributed by atoms with van der Waals surface area (Å²) in [6.07, 6.45) is 0. The molecule has 0 unspecified atom stereocenters. The van der Waals surface area contributed by atoms with Crippen molar-refractivity contribution >= 4 is 17.5 Å². The van der Waals surface area contributed by atoms with Crippen LogP contribution in [0, 0.1) is 17.5 Å². The van der Waals surface area contributed by atoms with Gasteiger partial charge >= 0.3 is 11.8 Å². The van der Waals surface area contributed by atoms with E-state index in [0.29, 0.717) is 19.2 Å². The number of nitrogens with zero attached hydrogens (tertiary/aromatic N) is 2. The van der Waals surface area contributed by atoms with Gasteiger partial charge in [-0.25, -0.2) is 18.2 Å². The topological polar surface area (TPSA) is 64.7 Å². The first-order valence-electron chi connectivity index (χ1n) is 6.57. The summed E-state index contributed by atoms with van der Waals surface area (Å²) in [5.41, 5.74) is 1.77. The van der Waals surface area contributed by atoms with Crippen LogP contribution in [0.5, 0.6) is 0 Å². The van der Waals surface area contributed by atoms with Gasteiger partial charge < -0.3 is 10.2 Å². The zero-order valence-corrected chi connectivity index (χ0v) is 11.8. The molecule has 2 amide bonds. The molecule has 1 aliphatic heterocycles. The van der Waals surface area contributed by atoms with Crippen molar-refractivity contribution in [2.45, 2.75) is 0 Å². The number of halogens is 3. The zero-order valence-electron chi connectivity index (χ0n) is 11.8. The minimum Gasteiger partial charge on any atom is -0.315 e. The van der Waals surface area contributed by atoms with Gasteiger partial charge in [0.15, 0.2) is 17.5 Å². The van der Waals surface area contributed by atoms with Crippen LogP contribution < -0.4 is 10.7 Å². The summed E-state index contributed by atoms with van der Waals surface area (Å²) in [7, 11) is 1.93. The summed E-state index contributed by atoms with van der Waals surface area (Å²) < 4.78 is 39.2. The van der Waals surface area contributed by atoms with Crippen LogP contribution in [-0.4, -0.2) is 54.9 Å². The van der Waals surface area contributed by atoms with E-state index < -0.39 is 35.0 Å². The lowest BCUT2D eigenvalue weighted by Crippen LogP contribution is -2.54. The van der Waals surface area contributed by atoms with E-state index in [2.05, 4.69) is 10.3 Å². The molecule has 1 aromatic rings. The highest BCUT2D eigenvalue weighted by Crippen LogP contribution is 2.19. The fourth-order valence-corrected chi connectivity index (χ4v) is 1.91. The molecule has 2 rings (SSSR count). The molecule has 120 valence electrons. The van der Waals surface area contributed by atoms with E-state index in [4.69, 9.17) is 0 Å². The Labute approximate surface area is 124 Å². The van der Waals surface area contributed by atoms with E-state index in [1.807, 2.05) is 12.4 Å². The number of amides is 2. The van der Waals surface area contributed by atoms with Crippen LogP contribution in [0.15, 0.2) is 12.1 Å². The number of hydrazine groups is 1. The molecule has 1 saturated heterocycles. The molecule has 0 bridgehead atoms. The summed E-state index contributed by atoms with van der Waals surface area (Å²) in [6, 6.07) is 1.50. The Kier molecular flexibility index (Phi) is 4.99. The Balaban J connectivity index is 1.94. The van der Waals surface area contributed by atoms with Crippen molar-refractivity contribution in [1.29, 1.82) is 0 Å². The first kappa shape index (κ1) is 16.2. The van der Waals surface area contributed by atoms with Crippen LogP contribution in [0.25, 0.3) is 0 Å². The number of anilines is 1. The molecular formula is C13H15F3N4O2. The van der Waals surface area contributed by atoms with E-state index in [1.54, 1.807) is 5.01 Å². The molecule has 6 nitrogen and oxygen atoms in total. The number of hydrogen-bond acceptors (Lipinski definition) is 4. The van der Waals surface area contributed by atoms with Crippen molar-refractivity contribution in [2.24, 2.45) is 0 Å². The molecule has 9 heteroatoms. The number of rotatable bonds is 2. The van der Waals surface area contributed by atoms with Crippen LogP contribution in [0.2, 0.25) is 0 Å². The van der Waals surface area contributed by atoms with Gasteiger partial charge in [-0.3, -0.25) is 15.0 Å². The highest BCUT2D eigenvalue weighted by Gasteiger charge is 2.22. The lowest BCUT2D eigenvalue weighted by atomic mass is 10.2. The van der Waals surface area contributed by atoms with Gasteiger partial charge in [-0.2, -0.15) is 0 Å². The Hall–Kier alpha value is -2.13. The average Bonchev–Trinajstić information content (AvgIpc) is 2.50. The van der Waals surface area contributed by atoms with Crippen molar-refractivity contribution in [3.05, 3.63) is 29.6 Å². The molecule has 1 aromatic carbocycles. The molecule has 0 atom stereocenters. The second-order valence-corrected chi connectivity index (χ2v) is 4.91. The Bertz CT molecular complexity index is 589. The van der Waals surface area contributed by atoms with Crippen molar-refractivity contribution in [2.75, 3.05) is 38.5 Å². The first-order chi connectivity index (χ1) is 10.4. The van der Waals surface area contributed by atoms with E-state index >= 15 is 0 Å². The van der Waals surface area contributed by atoms with Crippen LogP contribution in [0.4, 0.5) is 18.9 Å². The normalized spacial score (nSPS) is 16.4. The van der Waals surface area contributed by atoms with Gasteiger partial charge in [0, 0.05) is 26.2 Å². The van der Waals surface area contributed by atoms with Crippen molar-refractivity contribution in [3.8, 4) is 0 Å². The van der Waals surface area contributed by atoms with Gasteiger partial charge in [0.2, 0.25) is 0 Å². The van der Waals surface area contributed by atoms with Gasteiger partial charge in [-0.1, -0.05) is 0 Å². The largest absolute Gasteiger partial charge is 0.323 e. The van der Waals surface area contributed by atoms with Gasteiger partial charge in [-0.05, 0) is 19.2 Å². The third-order valence-corrected chi connectivity index (χ3v) is 3.25. The summed E-state index contributed by atoms with van der Waals surface area (Å²) in [5.74, 6) is -6.81. The molecule has 0 aromatic heterocycles. The quantitative estimate of drug-likeness (QED) is 0.609. The lowest BCUT2D eigenvalue weighted by molar-refractivity contribution is -0.139. The standard InChI is InChI=1S/C13H15F3N4O2/c1-19-4-6-20(7-5-19)18-13(22)12(21)17-9-3-2-8(14)10(15)11(9)16/h2-3H,4-7H2,1H3,(H,17,21)(H,18,22). The maximum atomic E-state index is 13.4. The highest BCUT2D eigenvalue weighted by molar-refractivity contribution is 6.39. The van der Waals surface area contributed by atoms with Crippen LogP contribution in [-0.2, 0) is 9.59 Å². The third kappa shape index (κ3) is 3.74. The van der Waals surface area contributed by atoms with Crippen LogP contribution in [0.1, 0.15) is 0 Å². The smallest absolute Gasteiger partial charge is 0.315 e. The highest BCUT2D eigenvalue weighted by atomic mass is 19.2. The Morgan fingerprint density at radius 3 is 2.27 bits per heavy atom. The lowest BCUT2D eigenvalue weighted by Gasteiger charge is -2.32. The van der Waals surface area contributed by atoms with Crippen molar-refractivity contribution in [3.63, 3.8) is 0 Å². The number of hydrogen-bond donors (Lipinski definition) is 2. The predicted molar refractivity (Wildman–Crippen MR) is 72.2 cm³/mol. The number of carbonyl (C=O) groups excluding carboxylic acids is 2. The van der Waals surface area contributed by atoms with E-state index in [0.717, 1.165) is 19.2 Å². The van der Waals surface area contributed by atoms with Gasteiger partial charge in [-0.15, -0.1) is 0 Å². The summed E-state index contributed by atoms with van der Waals surface area (Å²) in [5, 5.41) is 3.47. The van der Waals surface area contributed by atoms with Crippen molar-refractivity contribution in [1.82, 2.24) is 15.3 Å². The van der Waals surface area contributed by atoms with Crippen LogP contribution >= 0.6 is 0 Å². The Morgan fingerprint density at radius 1 is 1.00 bits per heavy atom. The van der Waals surface area contributed by atoms with Crippen LogP contribution in [0.3, 0.4) is 0 Å². The molecule has 1 aliphatic rings. The third-order valence-electron chi connectivity index (χ3n) is 3.25. The molecule has 0 saturated carbocycles. The second-order valence-electron chi connectivity index (χ2n) is 4.91. The van der Waals surface area contributed by atoms with E-state index in [-0.39, 0.29) is 0 Å². The fourth-order valence-electron chi connectivity index (χ4n) is 1.91. The second kappa shape index (κ2) is 6.75. The van der Waals surface area contributed by atoms with Gasteiger partial charge in [0.1, 0.15) is 0 Å². The van der Waals surface area contributed by atoms with E-state index in [1.165, 1.54) is 0 Å². The fraction of sp³-hybridized carbons (Fsp3) is 0.385. The number of piperazine rings is 1. The number of benzene rings is 1. The maximum Gasteiger partial charge on any atom is 0.323 e. The predicted octanol–water partition coefficient (Wildman–Crippen LogP) is 0.321. The van der Waals surface area contributed by atoms with Gasteiger partial charge in [0.25, 0.3) is 0 Å². The molecule has 2 N–H and O–H groups in total. The summed E-state index contributed by atoms with van der Waals surface area (Å²) in [6.45, 7) is 2.52. The summed E-state index contributed by atoms with van der Waals surface area (Å²) >= 11 is 0.